The van der Waals surface area contributed by atoms with Crippen LogP contribution in [0.4, 0.5) is 0 Å². The normalized spacial score (nSPS) is 10.5. The maximum Gasteiger partial charge on any atom is 0.248 e. The lowest BCUT2D eigenvalue weighted by molar-refractivity contribution is 0.100. The molecule has 94 valence electrons. The number of nitrogens with two attached hydrogens (primary N) is 1. The van der Waals surface area contributed by atoms with Crippen LogP contribution in [-0.2, 0) is 20.1 Å². The summed E-state index contributed by atoms with van der Waals surface area (Å²) < 4.78 is 1.98. The van der Waals surface area contributed by atoms with Gasteiger partial charge in [0.2, 0.25) is 5.91 Å². The van der Waals surface area contributed by atoms with Crippen molar-refractivity contribution in [3.8, 4) is 0 Å². The second kappa shape index (κ2) is 5.46. The Morgan fingerprint density at radius 2 is 2.06 bits per heavy atom. The summed E-state index contributed by atoms with van der Waals surface area (Å²) in [6.45, 7) is 1.44. The number of aromatic nitrogens is 2. The van der Waals surface area contributed by atoms with Gasteiger partial charge in [-0.15, -0.1) is 0 Å². The van der Waals surface area contributed by atoms with Crippen molar-refractivity contribution < 1.29 is 4.79 Å². The second-order valence-electron chi connectivity index (χ2n) is 4.12. The lowest BCUT2D eigenvalue weighted by Gasteiger charge is -2.05. The Bertz CT molecular complexity index is 530. The SMILES string of the molecule is Cn1ccnc1CNCc1ccc(C(N)=O)cc1. The van der Waals surface area contributed by atoms with Crippen LogP contribution in [0.3, 0.4) is 0 Å². The number of primary amides is 1. The quantitative estimate of drug-likeness (QED) is 0.817. The van der Waals surface area contributed by atoms with Gasteiger partial charge in [0.25, 0.3) is 0 Å². The van der Waals surface area contributed by atoms with Gasteiger partial charge in [-0.1, -0.05) is 12.1 Å². The van der Waals surface area contributed by atoms with Crippen LogP contribution in [0.1, 0.15) is 21.7 Å². The van der Waals surface area contributed by atoms with Crippen molar-refractivity contribution in [1.82, 2.24) is 14.9 Å². The number of rotatable bonds is 5. The number of hydrogen-bond acceptors (Lipinski definition) is 3. The molecule has 1 aromatic carbocycles. The van der Waals surface area contributed by atoms with Gasteiger partial charge < -0.3 is 15.6 Å². The average molecular weight is 244 g/mol. The van der Waals surface area contributed by atoms with Gasteiger partial charge in [0, 0.05) is 31.5 Å². The molecule has 0 spiro atoms. The first-order valence-electron chi connectivity index (χ1n) is 5.72. The number of carbonyl (C=O) groups is 1. The molecule has 0 saturated carbocycles. The van der Waals surface area contributed by atoms with Gasteiger partial charge in [0.1, 0.15) is 5.82 Å². The molecular weight excluding hydrogens is 228 g/mol. The molecule has 0 fully saturated rings. The molecule has 1 aromatic heterocycles. The molecule has 0 aliphatic heterocycles. The zero-order valence-electron chi connectivity index (χ0n) is 10.3. The van der Waals surface area contributed by atoms with Gasteiger partial charge in [-0.05, 0) is 17.7 Å². The van der Waals surface area contributed by atoms with Crippen molar-refractivity contribution in [2.24, 2.45) is 12.8 Å². The fourth-order valence-corrected chi connectivity index (χ4v) is 1.67. The molecule has 0 radical (unpaired) electrons. The third kappa shape index (κ3) is 2.95. The molecule has 0 atom stereocenters. The van der Waals surface area contributed by atoms with E-state index in [2.05, 4.69) is 10.3 Å². The fraction of sp³-hybridized carbons (Fsp3) is 0.231. The van der Waals surface area contributed by atoms with Crippen molar-refractivity contribution >= 4 is 5.91 Å². The van der Waals surface area contributed by atoms with E-state index in [4.69, 9.17) is 5.73 Å². The Hall–Kier alpha value is -2.14. The Labute approximate surface area is 106 Å². The zero-order valence-corrected chi connectivity index (χ0v) is 10.3. The molecule has 0 unspecified atom stereocenters. The molecule has 5 heteroatoms. The molecule has 1 amide bonds. The van der Waals surface area contributed by atoms with E-state index in [1.54, 1.807) is 18.3 Å². The second-order valence-corrected chi connectivity index (χ2v) is 4.12. The number of benzene rings is 1. The Morgan fingerprint density at radius 3 is 2.61 bits per heavy atom. The first kappa shape index (κ1) is 12.3. The highest BCUT2D eigenvalue weighted by Crippen LogP contribution is 2.04. The molecule has 5 nitrogen and oxygen atoms in total. The zero-order chi connectivity index (χ0) is 13.0. The fourth-order valence-electron chi connectivity index (χ4n) is 1.67. The van der Waals surface area contributed by atoms with E-state index in [1.165, 1.54) is 0 Å². The average Bonchev–Trinajstić information content (AvgIpc) is 2.76. The van der Waals surface area contributed by atoms with Crippen LogP contribution in [0.2, 0.25) is 0 Å². The minimum atomic E-state index is -0.400. The van der Waals surface area contributed by atoms with Crippen molar-refractivity contribution in [3.63, 3.8) is 0 Å². The van der Waals surface area contributed by atoms with E-state index in [0.29, 0.717) is 12.1 Å². The van der Waals surface area contributed by atoms with Gasteiger partial charge in [-0.25, -0.2) is 4.98 Å². The van der Waals surface area contributed by atoms with E-state index in [9.17, 15) is 4.79 Å². The van der Waals surface area contributed by atoms with Gasteiger partial charge in [-0.3, -0.25) is 4.79 Å². The lowest BCUT2D eigenvalue weighted by atomic mass is 10.1. The highest BCUT2D eigenvalue weighted by Gasteiger charge is 2.01. The summed E-state index contributed by atoms with van der Waals surface area (Å²) in [7, 11) is 1.96. The molecule has 0 bridgehead atoms. The Morgan fingerprint density at radius 1 is 1.33 bits per heavy atom. The van der Waals surface area contributed by atoms with Crippen LogP contribution in [0.25, 0.3) is 0 Å². The molecular formula is C13H16N4O. The van der Waals surface area contributed by atoms with Gasteiger partial charge in [-0.2, -0.15) is 0 Å². The number of aryl methyl sites for hydroxylation is 1. The molecule has 3 N–H and O–H groups in total. The summed E-state index contributed by atoms with van der Waals surface area (Å²) in [4.78, 5) is 15.1. The highest BCUT2D eigenvalue weighted by atomic mass is 16.1. The predicted molar refractivity (Wildman–Crippen MR) is 68.7 cm³/mol. The topological polar surface area (TPSA) is 72.9 Å². The first-order valence-corrected chi connectivity index (χ1v) is 5.72. The van der Waals surface area contributed by atoms with E-state index in [0.717, 1.165) is 17.9 Å². The van der Waals surface area contributed by atoms with Crippen LogP contribution in [0, 0.1) is 0 Å². The summed E-state index contributed by atoms with van der Waals surface area (Å²) in [6, 6.07) is 7.26. The van der Waals surface area contributed by atoms with Crippen LogP contribution in [0.15, 0.2) is 36.7 Å². The van der Waals surface area contributed by atoms with Crippen molar-refractivity contribution in [1.29, 1.82) is 0 Å². The number of hydrogen-bond donors (Lipinski definition) is 2. The molecule has 18 heavy (non-hydrogen) atoms. The smallest absolute Gasteiger partial charge is 0.248 e. The molecule has 2 aromatic rings. The maximum absolute atomic E-state index is 10.9. The molecule has 0 saturated heterocycles. The van der Waals surface area contributed by atoms with Crippen molar-refractivity contribution in [3.05, 3.63) is 53.6 Å². The van der Waals surface area contributed by atoms with Crippen LogP contribution >= 0.6 is 0 Å². The lowest BCUT2D eigenvalue weighted by Crippen LogP contribution is -2.16. The summed E-state index contributed by atoms with van der Waals surface area (Å²) in [5.74, 6) is 0.589. The van der Waals surface area contributed by atoms with Crippen LogP contribution < -0.4 is 11.1 Å². The summed E-state index contributed by atoms with van der Waals surface area (Å²) in [5, 5.41) is 3.29. The maximum atomic E-state index is 10.9. The van der Waals surface area contributed by atoms with E-state index >= 15 is 0 Å². The van der Waals surface area contributed by atoms with E-state index in [1.807, 2.05) is 29.9 Å². The van der Waals surface area contributed by atoms with Crippen LogP contribution in [0.5, 0.6) is 0 Å². The predicted octanol–water partition coefficient (Wildman–Crippen LogP) is 0.809. The van der Waals surface area contributed by atoms with Crippen molar-refractivity contribution in [2.75, 3.05) is 0 Å². The third-order valence-electron chi connectivity index (χ3n) is 2.77. The number of amides is 1. The van der Waals surface area contributed by atoms with E-state index < -0.39 is 5.91 Å². The third-order valence-corrected chi connectivity index (χ3v) is 2.77. The molecule has 2 rings (SSSR count). The molecule has 1 heterocycles. The number of carbonyl (C=O) groups excluding carboxylic acids is 1. The van der Waals surface area contributed by atoms with Gasteiger partial charge in [0.15, 0.2) is 0 Å². The summed E-state index contributed by atoms with van der Waals surface area (Å²) >= 11 is 0. The highest BCUT2D eigenvalue weighted by molar-refractivity contribution is 5.92. The first-order chi connectivity index (χ1) is 8.66. The standard InChI is InChI=1S/C13H16N4O/c1-17-7-6-16-12(17)9-15-8-10-2-4-11(5-3-10)13(14)18/h2-7,15H,8-9H2,1H3,(H2,14,18). The number of imidazole rings is 1. The Balaban J connectivity index is 1.87. The van der Waals surface area contributed by atoms with E-state index in [-0.39, 0.29) is 0 Å². The number of nitrogens with one attached hydrogen (secondary N) is 1. The summed E-state index contributed by atoms with van der Waals surface area (Å²) in [5.41, 5.74) is 6.82. The van der Waals surface area contributed by atoms with Gasteiger partial charge in [0.05, 0.1) is 6.54 Å². The Kier molecular flexibility index (Phi) is 3.74. The minimum Gasteiger partial charge on any atom is -0.366 e. The van der Waals surface area contributed by atoms with Gasteiger partial charge >= 0.3 is 0 Å². The van der Waals surface area contributed by atoms with Crippen molar-refractivity contribution in [2.45, 2.75) is 13.1 Å². The molecule has 0 aliphatic rings. The largest absolute Gasteiger partial charge is 0.366 e. The van der Waals surface area contributed by atoms with Crippen LogP contribution in [-0.4, -0.2) is 15.5 Å². The summed E-state index contributed by atoms with van der Waals surface area (Å²) in [6.07, 6.45) is 3.69. The minimum absolute atomic E-state index is 0.400. The molecule has 0 aliphatic carbocycles. The number of nitrogens with zero attached hydrogens (tertiary/aromatic N) is 2. The monoisotopic (exact) mass is 244 g/mol.